The Labute approximate surface area is 153 Å². The smallest absolute Gasteiger partial charge is 0.246 e. The molecule has 3 rings (SSSR count). The predicted octanol–water partition coefficient (Wildman–Crippen LogP) is 4.79. The average Bonchev–Trinajstić information content (AvgIpc) is 2.74. The molecule has 5 heteroatoms. The van der Waals surface area contributed by atoms with Gasteiger partial charge in [0.05, 0.1) is 11.4 Å². The van der Waals surface area contributed by atoms with E-state index in [4.69, 9.17) is 0 Å². The number of thioether (sulfide) groups is 1. The number of rotatable bonds is 5. The molecule has 126 valence electrons. The maximum atomic E-state index is 11.9. The highest BCUT2D eigenvalue weighted by atomic mass is 35.5. The summed E-state index contributed by atoms with van der Waals surface area (Å²) in [5.41, 5.74) is 3.77. The Hall–Kier alpha value is -1.78. The average molecular weight is 361 g/mol. The van der Waals surface area contributed by atoms with Gasteiger partial charge in [0.25, 0.3) is 0 Å². The monoisotopic (exact) mass is 360 g/mol. The van der Waals surface area contributed by atoms with Gasteiger partial charge in [0.15, 0.2) is 0 Å². The van der Waals surface area contributed by atoms with Crippen molar-refractivity contribution in [2.24, 2.45) is 4.99 Å². The Bertz CT molecular complexity index is 731. The first-order valence-corrected chi connectivity index (χ1v) is 8.93. The molecule has 1 aliphatic rings. The second-order valence-electron chi connectivity index (χ2n) is 5.49. The summed E-state index contributed by atoms with van der Waals surface area (Å²) in [6.07, 6.45) is 2.41. The largest absolute Gasteiger partial charge is 0.324 e. The standard InChI is InChI=1S/C19H20N2OS.ClH/c1-2-3-11-23-15-9-10-17-16(12-15)19(20-13-18(22)21-17)14-7-5-4-6-8-14;/h4-10,12H,2-3,11,13H2,1H3,(H,21,22);1H. The van der Waals surface area contributed by atoms with Gasteiger partial charge in [-0.15, -0.1) is 24.2 Å². The van der Waals surface area contributed by atoms with Gasteiger partial charge >= 0.3 is 0 Å². The minimum Gasteiger partial charge on any atom is -0.324 e. The fraction of sp³-hybridized carbons (Fsp3) is 0.263. The summed E-state index contributed by atoms with van der Waals surface area (Å²) >= 11 is 1.85. The van der Waals surface area contributed by atoms with E-state index in [0.717, 1.165) is 28.3 Å². The molecule has 3 nitrogen and oxygen atoms in total. The maximum Gasteiger partial charge on any atom is 0.246 e. The van der Waals surface area contributed by atoms with Crippen molar-refractivity contribution in [2.75, 3.05) is 17.6 Å². The van der Waals surface area contributed by atoms with E-state index in [1.165, 1.54) is 17.7 Å². The van der Waals surface area contributed by atoms with Gasteiger partial charge in [0.2, 0.25) is 5.91 Å². The van der Waals surface area contributed by atoms with Crippen molar-refractivity contribution < 1.29 is 4.79 Å². The van der Waals surface area contributed by atoms with Crippen molar-refractivity contribution >= 4 is 41.5 Å². The minimum atomic E-state index is -0.0661. The summed E-state index contributed by atoms with van der Waals surface area (Å²) in [4.78, 5) is 17.7. The number of unbranched alkanes of at least 4 members (excludes halogenated alkanes) is 1. The lowest BCUT2D eigenvalue weighted by molar-refractivity contribution is -0.114. The fourth-order valence-electron chi connectivity index (χ4n) is 2.52. The van der Waals surface area contributed by atoms with Crippen LogP contribution in [0.1, 0.15) is 30.9 Å². The normalized spacial score (nSPS) is 13.2. The number of carbonyl (C=O) groups excluding carboxylic acids is 1. The predicted molar refractivity (Wildman–Crippen MR) is 105 cm³/mol. The van der Waals surface area contributed by atoms with Crippen LogP contribution in [0.25, 0.3) is 0 Å². The van der Waals surface area contributed by atoms with Gasteiger partial charge in [-0.25, -0.2) is 0 Å². The highest BCUT2D eigenvalue weighted by Crippen LogP contribution is 2.28. The first-order valence-electron chi connectivity index (χ1n) is 7.95. The molecule has 0 radical (unpaired) electrons. The molecule has 0 aliphatic carbocycles. The molecule has 0 saturated heterocycles. The molecule has 1 aliphatic heterocycles. The van der Waals surface area contributed by atoms with Crippen LogP contribution >= 0.6 is 24.2 Å². The quantitative estimate of drug-likeness (QED) is 0.615. The number of carbonyl (C=O) groups is 1. The van der Waals surface area contributed by atoms with E-state index in [1.54, 1.807) is 0 Å². The van der Waals surface area contributed by atoms with Crippen LogP contribution in [-0.2, 0) is 4.79 Å². The number of nitrogens with zero attached hydrogens (tertiary/aromatic N) is 1. The molecule has 2 aromatic rings. The van der Waals surface area contributed by atoms with Crippen LogP contribution in [-0.4, -0.2) is 23.9 Å². The lowest BCUT2D eigenvalue weighted by Crippen LogP contribution is -2.13. The molecule has 0 saturated carbocycles. The minimum absolute atomic E-state index is 0. The van der Waals surface area contributed by atoms with Crippen LogP contribution in [0.5, 0.6) is 0 Å². The second kappa shape index (κ2) is 8.90. The van der Waals surface area contributed by atoms with E-state index in [1.807, 2.05) is 48.2 Å². The van der Waals surface area contributed by atoms with Crippen molar-refractivity contribution in [3.8, 4) is 0 Å². The van der Waals surface area contributed by atoms with E-state index in [2.05, 4.69) is 29.4 Å². The fourth-order valence-corrected chi connectivity index (χ4v) is 3.56. The van der Waals surface area contributed by atoms with Gasteiger partial charge in [-0.05, 0) is 30.4 Å². The Morgan fingerprint density at radius 2 is 1.96 bits per heavy atom. The first-order chi connectivity index (χ1) is 11.3. The Morgan fingerprint density at radius 1 is 1.17 bits per heavy atom. The number of anilines is 1. The van der Waals surface area contributed by atoms with Crippen LogP contribution < -0.4 is 5.32 Å². The van der Waals surface area contributed by atoms with Crippen LogP contribution in [0, 0.1) is 0 Å². The second-order valence-corrected chi connectivity index (χ2v) is 6.66. The zero-order valence-electron chi connectivity index (χ0n) is 13.6. The van der Waals surface area contributed by atoms with Gasteiger partial charge in [-0.3, -0.25) is 9.79 Å². The number of fused-ring (bicyclic) bond motifs is 1. The summed E-state index contributed by atoms with van der Waals surface area (Å²) in [7, 11) is 0. The number of amides is 1. The third-order valence-corrected chi connectivity index (χ3v) is 4.79. The van der Waals surface area contributed by atoms with E-state index >= 15 is 0 Å². The molecular weight excluding hydrogens is 340 g/mol. The molecule has 0 atom stereocenters. The third-order valence-electron chi connectivity index (χ3n) is 3.71. The summed E-state index contributed by atoms with van der Waals surface area (Å²) < 4.78 is 0. The molecule has 24 heavy (non-hydrogen) atoms. The molecule has 1 N–H and O–H groups in total. The third kappa shape index (κ3) is 4.40. The first kappa shape index (κ1) is 18.6. The molecule has 0 bridgehead atoms. The van der Waals surface area contributed by atoms with E-state index in [-0.39, 0.29) is 24.9 Å². The number of benzene rings is 2. The Balaban J connectivity index is 0.00000208. The Kier molecular flexibility index (Phi) is 6.88. The van der Waals surface area contributed by atoms with Crippen LogP contribution in [0.15, 0.2) is 58.4 Å². The molecular formula is C19H21ClN2OS. The molecule has 0 spiro atoms. The van der Waals surface area contributed by atoms with Crippen LogP contribution in [0.2, 0.25) is 0 Å². The van der Waals surface area contributed by atoms with E-state index in [0.29, 0.717) is 0 Å². The maximum absolute atomic E-state index is 11.9. The van der Waals surface area contributed by atoms with Crippen LogP contribution in [0.3, 0.4) is 0 Å². The lowest BCUT2D eigenvalue weighted by Gasteiger charge is -2.12. The van der Waals surface area contributed by atoms with Crippen molar-refractivity contribution in [1.29, 1.82) is 0 Å². The lowest BCUT2D eigenvalue weighted by atomic mass is 10.0. The number of hydrogen-bond donors (Lipinski definition) is 1. The van der Waals surface area contributed by atoms with Gasteiger partial charge in [-0.2, -0.15) is 0 Å². The molecule has 0 aromatic heterocycles. The topological polar surface area (TPSA) is 41.5 Å². The zero-order valence-corrected chi connectivity index (χ0v) is 15.3. The van der Waals surface area contributed by atoms with Crippen molar-refractivity contribution in [1.82, 2.24) is 0 Å². The highest BCUT2D eigenvalue weighted by molar-refractivity contribution is 7.99. The van der Waals surface area contributed by atoms with Gasteiger partial charge in [0, 0.05) is 16.0 Å². The molecule has 2 aromatic carbocycles. The van der Waals surface area contributed by atoms with Gasteiger partial charge in [-0.1, -0.05) is 43.7 Å². The molecule has 0 unspecified atom stereocenters. The summed E-state index contributed by atoms with van der Waals surface area (Å²) in [6.45, 7) is 2.37. The van der Waals surface area contributed by atoms with Gasteiger partial charge < -0.3 is 5.32 Å². The molecule has 1 amide bonds. The summed E-state index contributed by atoms with van der Waals surface area (Å²) in [5.74, 6) is 1.04. The summed E-state index contributed by atoms with van der Waals surface area (Å²) in [6, 6.07) is 16.3. The number of halogens is 1. The van der Waals surface area contributed by atoms with Crippen molar-refractivity contribution in [3.05, 3.63) is 59.7 Å². The number of benzodiazepines with no additional fused rings is 1. The van der Waals surface area contributed by atoms with E-state index in [9.17, 15) is 4.79 Å². The van der Waals surface area contributed by atoms with Crippen LogP contribution in [0.4, 0.5) is 5.69 Å². The van der Waals surface area contributed by atoms with Crippen molar-refractivity contribution in [2.45, 2.75) is 24.7 Å². The highest BCUT2D eigenvalue weighted by Gasteiger charge is 2.18. The number of hydrogen-bond acceptors (Lipinski definition) is 3. The molecule has 1 heterocycles. The van der Waals surface area contributed by atoms with E-state index < -0.39 is 0 Å². The number of aliphatic imine (C=N–C) groups is 1. The summed E-state index contributed by atoms with van der Waals surface area (Å²) in [5, 5.41) is 2.95. The Morgan fingerprint density at radius 3 is 2.71 bits per heavy atom. The molecule has 0 fully saturated rings. The SMILES string of the molecule is CCCCSc1ccc2c(c1)C(c1ccccc1)=NCC(=O)N2.Cl. The van der Waals surface area contributed by atoms with Crippen molar-refractivity contribution in [3.63, 3.8) is 0 Å². The van der Waals surface area contributed by atoms with Gasteiger partial charge in [0.1, 0.15) is 6.54 Å². The number of nitrogens with one attached hydrogen (secondary N) is 1. The zero-order chi connectivity index (χ0) is 16.1.